The molecule has 0 radical (unpaired) electrons. The van der Waals surface area contributed by atoms with Crippen LogP contribution in [0.2, 0.25) is 5.02 Å². The Labute approximate surface area is 98.5 Å². The van der Waals surface area contributed by atoms with Crippen molar-refractivity contribution >= 4 is 23.4 Å². The van der Waals surface area contributed by atoms with Crippen molar-refractivity contribution in [2.45, 2.75) is 6.42 Å². The minimum atomic E-state index is 0.342. The van der Waals surface area contributed by atoms with Gasteiger partial charge in [-0.05, 0) is 6.42 Å². The highest BCUT2D eigenvalue weighted by Crippen LogP contribution is 2.20. The summed E-state index contributed by atoms with van der Waals surface area (Å²) in [7, 11) is 0. The van der Waals surface area contributed by atoms with Gasteiger partial charge in [0.25, 0.3) is 0 Å². The third-order valence-corrected chi connectivity index (χ3v) is 2.73. The van der Waals surface area contributed by atoms with Crippen LogP contribution < -0.4 is 16.6 Å². The summed E-state index contributed by atoms with van der Waals surface area (Å²) < 4.78 is 5.28. The lowest BCUT2D eigenvalue weighted by atomic mass is 10.1. The van der Waals surface area contributed by atoms with Gasteiger partial charge in [-0.3, -0.25) is 5.43 Å². The summed E-state index contributed by atoms with van der Waals surface area (Å²) in [5.74, 6) is 6.67. The van der Waals surface area contributed by atoms with Gasteiger partial charge in [-0.15, -0.1) is 0 Å². The average Bonchev–Trinajstić information content (AvgIpc) is 2.81. The molecule has 4 N–H and O–H groups in total. The summed E-state index contributed by atoms with van der Waals surface area (Å²) in [4.78, 5) is 8.01. The lowest BCUT2D eigenvalue weighted by Gasteiger charge is -2.11. The van der Waals surface area contributed by atoms with Crippen molar-refractivity contribution in [1.29, 1.82) is 0 Å². The van der Waals surface area contributed by atoms with E-state index in [1.807, 2.05) is 0 Å². The summed E-state index contributed by atoms with van der Waals surface area (Å²) in [6, 6.07) is 0. The maximum atomic E-state index is 5.95. The molecule has 16 heavy (non-hydrogen) atoms. The summed E-state index contributed by atoms with van der Waals surface area (Å²) in [5, 5.41) is 3.66. The van der Waals surface area contributed by atoms with Crippen molar-refractivity contribution in [1.82, 2.24) is 9.97 Å². The molecule has 0 spiro atoms. The molecule has 2 rings (SSSR count). The molecule has 88 valence electrons. The van der Waals surface area contributed by atoms with Crippen molar-refractivity contribution in [3.05, 3.63) is 11.2 Å². The average molecular weight is 244 g/mol. The molecule has 7 heteroatoms. The van der Waals surface area contributed by atoms with Gasteiger partial charge in [-0.2, -0.15) is 4.98 Å². The summed E-state index contributed by atoms with van der Waals surface area (Å²) in [6.45, 7) is 2.41. The summed E-state index contributed by atoms with van der Waals surface area (Å²) in [6.07, 6.45) is 2.58. The fraction of sp³-hybridized carbons (Fsp3) is 0.556. The van der Waals surface area contributed by atoms with Crippen molar-refractivity contribution in [2.24, 2.45) is 11.8 Å². The van der Waals surface area contributed by atoms with E-state index in [1.165, 1.54) is 6.20 Å². The first kappa shape index (κ1) is 11.4. The normalized spacial score (nSPS) is 19.8. The van der Waals surface area contributed by atoms with E-state index < -0.39 is 0 Å². The Morgan fingerprint density at radius 3 is 3.19 bits per heavy atom. The van der Waals surface area contributed by atoms with Crippen LogP contribution in [0.1, 0.15) is 6.42 Å². The van der Waals surface area contributed by atoms with Gasteiger partial charge in [0.05, 0.1) is 12.8 Å². The molecular formula is C9H14ClN5O. The fourth-order valence-corrected chi connectivity index (χ4v) is 1.70. The molecule has 1 aliphatic rings. The zero-order valence-electron chi connectivity index (χ0n) is 8.74. The van der Waals surface area contributed by atoms with Crippen molar-refractivity contribution in [2.75, 3.05) is 30.5 Å². The van der Waals surface area contributed by atoms with Crippen LogP contribution in [0, 0.1) is 5.92 Å². The molecule has 2 heterocycles. The highest BCUT2D eigenvalue weighted by Gasteiger charge is 2.16. The van der Waals surface area contributed by atoms with Gasteiger partial charge < -0.3 is 10.1 Å². The van der Waals surface area contributed by atoms with E-state index >= 15 is 0 Å². The maximum absolute atomic E-state index is 5.95. The molecule has 0 aromatic carbocycles. The van der Waals surface area contributed by atoms with Crippen LogP contribution >= 0.6 is 11.6 Å². The number of ether oxygens (including phenoxy) is 1. The Balaban J connectivity index is 1.96. The number of anilines is 2. The Bertz CT molecular complexity index is 356. The first-order valence-electron chi connectivity index (χ1n) is 5.10. The monoisotopic (exact) mass is 243 g/mol. The minimum Gasteiger partial charge on any atom is -0.381 e. The molecule has 0 amide bonds. The zero-order chi connectivity index (χ0) is 11.4. The van der Waals surface area contributed by atoms with Crippen molar-refractivity contribution < 1.29 is 4.74 Å². The van der Waals surface area contributed by atoms with Gasteiger partial charge in [0.2, 0.25) is 5.95 Å². The van der Waals surface area contributed by atoms with Crippen LogP contribution in [0.5, 0.6) is 0 Å². The SMILES string of the molecule is NNc1ncc(Cl)c(NCC2CCOC2)n1. The van der Waals surface area contributed by atoms with Crippen LogP contribution in [0.3, 0.4) is 0 Å². The molecule has 0 bridgehead atoms. The van der Waals surface area contributed by atoms with E-state index in [-0.39, 0.29) is 0 Å². The van der Waals surface area contributed by atoms with Crippen LogP contribution in [0.4, 0.5) is 11.8 Å². The predicted octanol–water partition coefficient (Wildman–Crippen LogP) is 0.864. The molecule has 1 aliphatic heterocycles. The molecule has 1 saturated heterocycles. The van der Waals surface area contributed by atoms with Crippen molar-refractivity contribution in [3.8, 4) is 0 Å². The van der Waals surface area contributed by atoms with Gasteiger partial charge in [-0.25, -0.2) is 10.8 Å². The van der Waals surface area contributed by atoms with Crippen LogP contribution in [-0.2, 0) is 4.74 Å². The molecule has 0 saturated carbocycles. The second-order valence-corrected chi connectivity index (χ2v) is 4.05. The number of nitrogen functional groups attached to an aromatic ring is 1. The number of nitrogens with one attached hydrogen (secondary N) is 2. The topological polar surface area (TPSA) is 85.1 Å². The van der Waals surface area contributed by atoms with E-state index in [2.05, 4.69) is 20.7 Å². The Hall–Kier alpha value is -1.11. The van der Waals surface area contributed by atoms with E-state index in [4.69, 9.17) is 22.2 Å². The number of hydrogen-bond acceptors (Lipinski definition) is 6. The predicted molar refractivity (Wildman–Crippen MR) is 62.3 cm³/mol. The van der Waals surface area contributed by atoms with E-state index in [9.17, 15) is 0 Å². The summed E-state index contributed by atoms with van der Waals surface area (Å²) in [5.41, 5.74) is 2.38. The van der Waals surface area contributed by atoms with Crippen molar-refractivity contribution in [3.63, 3.8) is 0 Å². The molecule has 0 aliphatic carbocycles. The number of rotatable bonds is 4. The highest BCUT2D eigenvalue weighted by atomic mass is 35.5. The molecule has 1 atom stereocenters. The Morgan fingerprint density at radius 1 is 1.62 bits per heavy atom. The number of hydrazine groups is 1. The first-order chi connectivity index (χ1) is 7.79. The smallest absolute Gasteiger partial charge is 0.239 e. The molecule has 6 nitrogen and oxygen atoms in total. The van der Waals surface area contributed by atoms with Gasteiger partial charge >= 0.3 is 0 Å². The van der Waals surface area contributed by atoms with E-state index in [0.717, 1.165) is 26.2 Å². The highest BCUT2D eigenvalue weighted by molar-refractivity contribution is 6.32. The first-order valence-corrected chi connectivity index (χ1v) is 5.48. The van der Waals surface area contributed by atoms with Gasteiger partial charge in [0.1, 0.15) is 5.02 Å². The number of hydrogen-bond donors (Lipinski definition) is 3. The lowest BCUT2D eigenvalue weighted by Crippen LogP contribution is -2.17. The molecule has 1 fully saturated rings. The third-order valence-electron chi connectivity index (χ3n) is 2.46. The van der Waals surface area contributed by atoms with Crippen LogP contribution in [0.15, 0.2) is 6.20 Å². The third kappa shape index (κ3) is 2.72. The number of halogens is 1. The standard InChI is InChI=1S/C9H14ClN5O/c10-7-4-13-9(15-11)14-8(7)12-3-6-1-2-16-5-6/h4,6H,1-3,5,11H2,(H2,12,13,14,15). The Kier molecular flexibility index (Phi) is 3.76. The minimum absolute atomic E-state index is 0.342. The fourth-order valence-electron chi connectivity index (χ4n) is 1.55. The van der Waals surface area contributed by atoms with Gasteiger partial charge in [0.15, 0.2) is 5.82 Å². The number of aromatic nitrogens is 2. The lowest BCUT2D eigenvalue weighted by molar-refractivity contribution is 0.187. The maximum Gasteiger partial charge on any atom is 0.239 e. The van der Waals surface area contributed by atoms with E-state index in [1.54, 1.807) is 0 Å². The van der Waals surface area contributed by atoms with Crippen LogP contribution in [0.25, 0.3) is 0 Å². The second kappa shape index (κ2) is 5.29. The van der Waals surface area contributed by atoms with Gasteiger partial charge in [0, 0.05) is 19.1 Å². The van der Waals surface area contributed by atoms with Crippen LogP contribution in [-0.4, -0.2) is 29.7 Å². The largest absolute Gasteiger partial charge is 0.381 e. The zero-order valence-corrected chi connectivity index (χ0v) is 9.50. The second-order valence-electron chi connectivity index (χ2n) is 3.65. The summed E-state index contributed by atoms with van der Waals surface area (Å²) >= 11 is 5.95. The molecule has 1 aromatic rings. The molecule has 1 aromatic heterocycles. The Morgan fingerprint density at radius 2 is 2.50 bits per heavy atom. The molecular weight excluding hydrogens is 230 g/mol. The number of nitrogens with zero attached hydrogens (tertiary/aromatic N) is 2. The van der Waals surface area contributed by atoms with Gasteiger partial charge in [-0.1, -0.05) is 11.6 Å². The quantitative estimate of drug-likeness (QED) is 0.537. The van der Waals surface area contributed by atoms with E-state index in [0.29, 0.717) is 22.7 Å². The number of nitrogens with two attached hydrogens (primary N) is 1. The molecule has 1 unspecified atom stereocenters.